The Kier molecular flexibility index (Phi) is 6.22. The summed E-state index contributed by atoms with van der Waals surface area (Å²) in [6.07, 6.45) is 7.36. The number of nitrogens with zero attached hydrogens (tertiary/aromatic N) is 1. The smallest absolute Gasteiger partial charge is 0.262 e. The average molecular weight is 719 g/mol. The highest BCUT2D eigenvalue weighted by Crippen LogP contribution is 2.46. The minimum absolute atomic E-state index is 0.00133. The van der Waals surface area contributed by atoms with E-state index in [0.717, 1.165) is 35.0 Å². The molecule has 0 fully saturated rings. The Bertz CT molecular complexity index is 2990. The van der Waals surface area contributed by atoms with Crippen LogP contribution >= 0.6 is 0 Å². The normalized spacial score (nSPS) is 19.5. The second-order valence-corrected chi connectivity index (χ2v) is 16.8. The predicted molar refractivity (Wildman–Crippen MR) is 208 cm³/mol. The molecule has 5 aromatic carbocycles. The van der Waals surface area contributed by atoms with E-state index in [2.05, 4.69) is 64.4 Å². The van der Waals surface area contributed by atoms with E-state index in [4.69, 9.17) is 4.42 Å². The summed E-state index contributed by atoms with van der Waals surface area (Å²) in [6, 6.07) is 21.0. The second kappa shape index (κ2) is 10.7. The number of aryl methyl sites for hydroxylation is 1. The molecule has 4 heterocycles. The molecule has 7 aromatic rings. The SMILES string of the molecule is CC1=C[C@@H]2c3cc(-c4ccc5c(NS(=O)(=O)c6ccc7c8c(cccc68)C(=O)N7)cc6c7c(oc6c5c4)CCCC7=O)cc4[nH]cc(c34)CC2N(C)C1. The van der Waals surface area contributed by atoms with Crippen molar-refractivity contribution in [2.75, 3.05) is 23.6 Å². The third-order valence-corrected chi connectivity index (χ3v) is 13.4. The van der Waals surface area contributed by atoms with Crippen LogP contribution in [0.2, 0.25) is 0 Å². The minimum Gasteiger partial charge on any atom is -0.460 e. The first kappa shape index (κ1) is 30.9. The topological polar surface area (TPSA) is 125 Å². The van der Waals surface area contributed by atoms with Gasteiger partial charge in [0.25, 0.3) is 15.9 Å². The molecule has 2 aliphatic carbocycles. The first-order chi connectivity index (χ1) is 25.6. The van der Waals surface area contributed by atoms with E-state index in [1.807, 2.05) is 12.1 Å². The summed E-state index contributed by atoms with van der Waals surface area (Å²) in [5.41, 5.74) is 9.62. The van der Waals surface area contributed by atoms with Gasteiger partial charge in [0.2, 0.25) is 0 Å². The molecule has 11 rings (SSSR count). The first-order valence-corrected chi connectivity index (χ1v) is 19.6. The van der Waals surface area contributed by atoms with E-state index in [1.54, 1.807) is 30.3 Å². The molecule has 0 bridgehead atoms. The molecule has 9 nitrogen and oxygen atoms in total. The number of ketones is 1. The van der Waals surface area contributed by atoms with Crippen molar-refractivity contribution in [3.8, 4) is 11.1 Å². The number of H-pyrrole nitrogens is 1. The van der Waals surface area contributed by atoms with Gasteiger partial charge in [0.05, 0.1) is 16.1 Å². The summed E-state index contributed by atoms with van der Waals surface area (Å²) in [6.45, 7) is 3.17. The molecule has 2 aliphatic heterocycles. The van der Waals surface area contributed by atoms with Crippen molar-refractivity contribution in [3.05, 3.63) is 113 Å². The quantitative estimate of drug-likeness (QED) is 0.157. The molecule has 0 saturated heterocycles. The number of anilines is 2. The van der Waals surface area contributed by atoms with E-state index < -0.39 is 10.0 Å². The summed E-state index contributed by atoms with van der Waals surface area (Å²) in [7, 11) is -1.95. The number of amides is 1. The maximum absolute atomic E-state index is 14.3. The molecule has 262 valence electrons. The predicted octanol–water partition coefficient (Wildman–Crippen LogP) is 8.67. The van der Waals surface area contributed by atoms with Crippen molar-refractivity contribution in [1.29, 1.82) is 0 Å². The van der Waals surface area contributed by atoms with Crippen LogP contribution in [0.4, 0.5) is 11.4 Å². The van der Waals surface area contributed by atoms with Gasteiger partial charge in [-0.05, 0) is 91.5 Å². The van der Waals surface area contributed by atoms with Crippen LogP contribution in [0.15, 0.2) is 93.9 Å². The van der Waals surface area contributed by atoms with Crippen LogP contribution < -0.4 is 10.0 Å². The van der Waals surface area contributed by atoms with Gasteiger partial charge in [-0.1, -0.05) is 35.9 Å². The van der Waals surface area contributed by atoms with Crippen LogP contribution in [0.5, 0.6) is 0 Å². The molecular formula is C43H34N4O5S. The zero-order valence-electron chi connectivity index (χ0n) is 29.1. The number of aromatic amines is 1. The zero-order valence-corrected chi connectivity index (χ0v) is 29.9. The van der Waals surface area contributed by atoms with Crippen molar-refractivity contribution in [3.63, 3.8) is 0 Å². The van der Waals surface area contributed by atoms with Crippen LogP contribution in [-0.4, -0.2) is 49.6 Å². The number of nitrogens with one attached hydrogen (secondary N) is 3. The fourth-order valence-corrected chi connectivity index (χ4v) is 10.9. The van der Waals surface area contributed by atoms with Crippen LogP contribution in [-0.2, 0) is 22.9 Å². The Labute approximate surface area is 304 Å². The molecule has 0 radical (unpaired) electrons. The fourth-order valence-electron chi connectivity index (χ4n) is 9.62. The van der Waals surface area contributed by atoms with Gasteiger partial charge in [0, 0.05) is 86.6 Å². The second-order valence-electron chi connectivity index (χ2n) is 15.2. The van der Waals surface area contributed by atoms with Gasteiger partial charge in [-0.3, -0.25) is 19.2 Å². The molecule has 1 unspecified atom stereocenters. The highest BCUT2D eigenvalue weighted by molar-refractivity contribution is 7.93. The number of benzene rings is 5. The highest BCUT2D eigenvalue weighted by atomic mass is 32.2. The van der Waals surface area contributed by atoms with Gasteiger partial charge in [-0.25, -0.2) is 8.42 Å². The van der Waals surface area contributed by atoms with E-state index in [9.17, 15) is 18.0 Å². The Morgan fingerprint density at radius 2 is 1.79 bits per heavy atom. The molecular weight excluding hydrogens is 685 g/mol. The lowest BCUT2D eigenvalue weighted by molar-refractivity contribution is 0.0969. The van der Waals surface area contributed by atoms with Crippen LogP contribution in [0.1, 0.15) is 63.3 Å². The summed E-state index contributed by atoms with van der Waals surface area (Å²) in [5, 5.41) is 7.16. The molecule has 4 aliphatic rings. The molecule has 2 atom stereocenters. The number of sulfonamides is 1. The number of hydrogen-bond acceptors (Lipinski definition) is 6. The van der Waals surface area contributed by atoms with Crippen molar-refractivity contribution < 1.29 is 22.4 Å². The third-order valence-electron chi connectivity index (χ3n) is 11.9. The van der Waals surface area contributed by atoms with Gasteiger partial charge in [0.15, 0.2) is 5.78 Å². The number of aromatic nitrogens is 1. The van der Waals surface area contributed by atoms with Crippen LogP contribution in [0.3, 0.4) is 0 Å². The van der Waals surface area contributed by atoms with Crippen molar-refractivity contribution >= 4 is 76.5 Å². The van der Waals surface area contributed by atoms with Crippen LogP contribution in [0, 0.1) is 0 Å². The maximum atomic E-state index is 14.3. The molecule has 53 heavy (non-hydrogen) atoms. The van der Waals surface area contributed by atoms with E-state index >= 15 is 0 Å². The van der Waals surface area contributed by atoms with Gasteiger partial charge >= 0.3 is 0 Å². The molecule has 3 N–H and O–H groups in total. The lowest BCUT2D eigenvalue weighted by Crippen LogP contribution is -2.43. The summed E-state index contributed by atoms with van der Waals surface area (Å²) in [5.74, 6) is 0.663. The van der Waals surface area contributed by atoms with Crippen molar-refractivity contribution in [2.45, 2.75) is 49.5 Å². The lowest BCUT2D eigenvalue weighted by Gasteiger charge is -2.41. The number of hydrogen-bond donors (Lipinski definition) is 3. The molecule has 2 aromatic heterocycles. The van der Waals surface area contributed by atoms with E-state index in [1.165, 1.54) is 28.2 Å². The maximum Gasteiger partial charge on any atom is 0.262 e. The number of carbonyl (C=O) groups excluding carboxylic acids is 2. The standard InChI is InChI=1S/C43H34N4O5S/c1-21-13-28-29-15-23(16-34-39(29)24(19-44-34)17-35(28)47(2)20-21)22-9-10-25-30(14-22)42-31(41-36(48)7-4-8-37(41)52-42)18-33(25)46-53(50,51)38-12-11-32-40-26(38)5-3-6-27(40)43(49)45-32/h3,5-6,9-16,18-19,28,35,44,46H,4,7-8,17,20H2,1-2H3,(H,45,49)/t28-,35?/m1/s1. The van der Waals surface area contributed by atoms with Crippen molar-refractivity contribution in [1.82, 2.24) is 9.88 Å². The lowest BCUT2D eigenvalue weighted by atomic mass is 9.76. The fraction of sp³-hybridized carbons (Fsp3) is 0.209. The van der Waals surface area contributed by atoms with Gasteiger partial charge < -0.3 is 14.7 Å². The minimum atomic E-state index is -4.17. The highest BCUT2D eigenvalue weighted by Gasteiger charge is 2.36. The number of rotatable bonds is 4. The number of furan rings is 1. The van der Waals surface area contributed by atoms with Gasteiger partial charge in [-0.15, -0.1) is 0 Å². The molecule has 0 saturated carbocycles. The number of likely N-dealkylation sites (N-methyl/N-ethyl adjacent to an activating group) is 1. The van der Waals surface area contributed by atoms with E-state index in [-0.39, 0.29) is 22.5 Å². The number of carbonyl (C=O) groups is 2. The Morgan fingerprint density at radius 1 is 0.906 bits per heavy atom. The summed E-state index contributed by atoms with van der Waals surface area (Å²) >= 11 is 0. The van der Waals surface area contributed by atoms with Crippen LogP contribution in [0.25, 0.3) is 54.5 Å². The molecule has 10 heteroatoms. The van der Waals surface area contributed by atoms with E-state index in [0.29, 0.717) is 80.7 Å². The monoisotopic (exact) mass is 718 g/mol. The first-order valence-electron chi connectivity index (χ1n) is 18.1. The average Bonchev–Trinajstić information content (AvgIpc) is 3.83. The number of Topliss-reactive ketones (excluding diaryl/α,β-unsaturated/α-hetero) is 1. The number of fused-ring (bicyclic) bond motifs is 7. The molecule has 1 amide bonds. The zero-order chi connectivity index (χ0) is 35.9. The molecule has 0 spiro atoms. The summed E-state index contributed by atoms with van der Waals surface area (Å²) in [4.78, 5) is 32.0. The van der Waals surface area contributed by atoms with Gasteiger partial charge in [0.1, 0.15) is 11.3 Å². The Balaban J connectivity index is 1.10. The summed E-state index contributed by atoms with van der Waals surface area (Å²) < 4.78 is 38.1. The third kappa shape index (κ3) is 4.36. The Hall–Kier alpha value is -5.71. The largest absolute Gasteiger partial charge is 0.460 e. The Morgan fingerprint density at radius 3 is 2.68 bits per heavy atom. The van der Waals surface area contributed by atoms with Gasteiger partial charge in [-0.2, -0.15) is 0 Å². The van der Waals surface area contributed by atoms with Crippen molar-refractivity contribution in [2.24, 2.45) is 0 Å².